The number of aliphatic hydroxyl groups excluding tert-OH is 1. The number of rotatable bonds is 7. The molecule has 0 spiro atoms. The van der Waals surface area contributed by atoms with Crippen LogP contribution in [0.25, 0.3) is 0 Å². The van der Waals surface area contributed by atoms with Crippen molar-refractivity contribution in [1.29, 1.82) is 0 Å². The molecule has 1 aromatic rings. The molecule has 4 N–H and O–H groups in total. The molecule has 1 unspecified atom stereocenters. The number of hydrogen-bond acceptors (Lipinski definition) is 5. The monoisotopic (exact) mass is 264 g/mol. The zero-order chi connectivity index (χ0) is 13.8. The normalized spacial score (nSPS) is 16.4. The maximum Gasteiger partial charge on any atom is 0.136 e. The van der Waals surface area contributed by atoms with Gasteiger partial charge in [-0.05, 0) is 32.1 Å². The summed E-state index contributed by atoms with van der Waals surface area (Å²) in [6, 6.07) is 0. The van der Waals surface area contributed by atoms with Gasteiger partial charge >= 0.3 is 0 Å². The Morgan fingerprint density at radius 3 is 2.74 bits per heavy atom. The molecule has 0 amide bonds. The Labute approximate surface area is 114 Å². The number of nitrogen functional groups attached to an aromatic ring is 1. The van der Waals surface area contributed by atoms with E-state index in [0.717, 1.165) is 36.6 Å². The zero-order valence-corrected chi connectivity index (χ0v) is 11.8. The summed E-state index contributed by atoms with van der Waals surface area (Å²) in [5.74, 6) is 3.27. The minimum atomic E-state index is 0.235. The third-order valence-corrected chi connectivity index (χ3v) is 3.82. The molecule has 0 aromatic carbocycles. The molecule has 1 aromatic heterocycles. The van der Waals surface area contributed by atoms with E-state index in [1.807, 2.05) is 6.92 Å². The fourth-order valence-electron chi connectivity index (χ4n) is 2.12. The van der Waals surface area contributed by atoms with Gasteiger partial charge in [-0.2, -0.15) is 0 Å². The van der Waals surface area contributed by atoms with E-state index in [2.05, 4.69) is 22.2 Å². The highest BCUT2D eigenvalue weighted by molar-refractivity contribution is 5.55. The molecule has 1 aliphatic carbocycles. The van der Waals surface area contributed by atoms with Gasteiger partial charge in [0.2, 0.25) is 0 Å². The molecule has 0 bridgehead atoms. The van der Waals surface area contributed by atoms with Crippen molar-refractivity contribution >= 4 is 11.6 Å². The number of anilines is 2. The smallest absolute Gasteiger partial charge is 0.136 e. The molecule has 0 saturated heterocycles. The lowest BCUT2D eigenvalue weighted by atomic mass is 10.0. The maximum atomic E-state index is 9.02. The molecule has 1 aliphatic rings. The van der Waals surface area contributed by atoms with Crippen molar-refractivity contribution in [2.24, 2.45) is 5.92 Å². The van der Waals surface area contributed by atoms with E-state index in [1.165, 1.54) is 12.8 Å². The van der Waals surface area contributed by atoms with E-state index in [4.69, 9.17) is 10.8 Å². The van der Waals surface area contributed by atoms with Crippen LogP contribution in [0, 0.1) is 12.8 Å². The summed E-state index contributed by atoms with van der Waals surface area (Å²) in [6.45, 7) is 5.14. The average Bonchev–Trinajstić information content (AvgIpc) is 3.23. The highest BCUT2D eigenvalue weighted by Crippen LogP contribution is 2.39. The highest BCUT2D eigenvalue weighted by atomic mass is 16.3. The topological polar surface area (TPSA) is 84.1 Å². The largest absolute Gasteiger partial charge is 0.396 e. The van der Waals surface area contributed by atoms with Crippen LogP contribution in [0.15, 0.2) is 0 Å². The second kappa shape index (κ2) is 6.19. The van der Waals surface area contributed by atoms with Crippen LogP contribution < -0.4 is 11.1 Å². The summed E-state index contributed by atoms with van der Waals surface area (Å²) in [6.07, 6.45) is 4.20. The summed E-state index contributed by atoms with van der Waals surface area (Å²) in [5.41, 5.74) is 6.87. The van der Waals surface area contributed by atoms with Gasteiger partial charge < -0.3 is 16.2 Å². The van der Waals surface area contributed by atoms with Gasteiger partial charge in [0, 0.05) is 24.6 Å². The number of hydrogen-bond donors (Lipinski definition) is 3. The van der Waals surface area contributed by atoms with Gasteiger partial charge in [0.1, 0.15) is 17.5 Å². The second-order valence-corrected chi connectivity index (χ2v) is 5.38. The first-order chi connectivity index (χ1) is 9.15. The van der Waals surface area contributed by atoms with Gasteiger partial charge in [-0.15, -0.1) is 0 Å². The van der Waals surface area contributed by atoms with E-state index in [1.54, 1.807) is 0 Å². The number of aromatic nitrogens is 2. The predicted octanol–water partition coefficient (Wildman–Crippen LogP) is 2.07. The molecule has 5 heteroatoms. The Hall–Kier alpha value is -1.36. The Kier molecular flexibility index (Phi) is 4.58. The molecular weight excluding hydrogens is 240 g/mol. The fraction of sp³-hybridized carbons (Fsp3) is 0.714. The minimum Gasteiger partial charge on any atom is -0.396 e. The Morgan fingerprint density at radius 1 is 1.42 bits per heavy atom. The van der Waals surface area contributed by atoms with Gasteiger partial charge in [0.25, 0.3) is 0 Å². The maximum absolute atomic E-state index is 9.02. The molecule has 19 heavy (non-hydrogen) atoms. The van der Waals surface area contributed by atoms with E-state index in [0.29, 0.717) is 17.7 Å². The van der Waals surface area contributed by atoms with Gasteiger partial charge in [-0.1, -0.05) is 13.3 Å². The van der Waals surface area contributed by atoms with Crippen LogP contribution in [0.4, 0.5) is 11.6 Å². The first-order valence-corrected chi connectivity index (χ1v) is 7.14. The first kappa shape index (κ1) is 14.1. The van der Waals surface area contributed by atoms with Crippen LogP contribution in [-0.2, 0) is 0 Å². The number of nitrogens with two attached hydrogens (primary N) is 1. The molecule has 1 atom stereocenters. The minimum absolute atomic E-state index is 0.235. The Morgan fingerprint density at radius 2 is 2.16 bits per heavy atom. The van der Waals surface area contributed by atoms with Crippen molar-refractivity contribution in [2.45, 2.75) is 45.4 Å². The summed E-state index contributed by atoms with van der Waals surface area (Å²) < 4.78 is 0. The van der Waals surface area contributed by atoms with Crippen molar-refractivity contribution in [3.8, 4) is 0 Å². The fourth-order valence-corrected chi connectivity index (χ4v) is 2.12. The molecular formula is C14H24N4O. The third-order valence-electron chi connectivity index (χ3n) is 3.82. The Bertz CT molecular complexity index is 432. The summed E-state index contributed by atoms with van der Waals surface area (Å²) in [5, 5.41) is 12.4. The van der Waals surface area contributed by atoms with E-state index >= 15 is 0 Å². The number of nitrogens with zero attached hydrogens (tertiary/aromatic N) is 2. The molecule has 1 heterocycles. The summed E-state index contributed by atoms with van der Waals surface area (Å²) >= 11 is 0. The molecule has 1 fully saturated rings. The van der Waals surface area contributed by atoms with Crippen molar-refractivity contribution in [2.75, 3.05) is 24.2 Å². The van der Waals surface area contributed by atoms with Gasteiger partial charge in [0.05, 0.1) is 0 Å². The predicted molar refractivity (Wildman–Crippen MR) is 77.1 cm³/mol. The van der Waals surface area contributed by atoms with Crippen LogP contribution in [0.1, 0.15) is 49.9 Å². The van der Waals surface area contributed by atoms with Crippen molar-refractivity contribution in [3.05, 3.63) is 11.4 Å². The lowest BCUT2D eigenvalue weighted by Crippen LogP contribution is -2.17. The summed E-state index contributed by atoms with van der Waals surface area (Å²) in [7, 11) is 0. The SMILES string of the molecule is CCC(CCO)CNc1nc(C2CC2)nc(N)c1C. The van der Waals surface area contributed by atoms with Crippen LogP contribution in [0.2, 0.25) is 0 Å². The van der Waals surface area contributed by atoms with Crippen LogP contribution in [0.3, 0.4) is 0 Å². The second-order valence-electron chi connectivity index (χ2n) is 5.38. The van der Waals surface area contributed by atoms with Crippen LogP contribution in [-0.4, -0.2) is 28.2 Å². The van der Waals surface area contributed by atoms with Gasteiger partial charge in [-0.3, -0.25) is 0 Å². The molecule has 0 aliphatic heterocycles. The first-order valence-electron chi connectivity index (χ1n) is 7.14. The average molecular weight is 264 g/mol. The quantitative estimate of drug-likeness (QED) is 0.702. The molecule has 106 valence electrons. The Balaban J connectivity index is 2.06. The van der Waals surface area contributed by atoms with Crippen LogP contribution in [0.5, 0.6) is 0 Å². The zero-order valence-electron chi connectivity index (χ0n) is 11.8. The highest BCUT2D eigenvalue weighted by Gasteiger charge is 2.27. The molecule has 1 saturated carbocycles. The van der Waals surface area contributed by atoms with Crippen LogP contribution >= 0.6 is 0 Å². The van der Waals surface area contributed by atoms with E-state index < -0.39 is 0 Å². The number of aliphatic hydroxyl groups is 1. The number of nitrogens with one attached hydrogen (secondary N) is 1. The lowest BCUT2D eigenvalue weighted by molar-refractivity contribution is 0.258. The summed E-state index contributed by atoms with van der Waals surface area (Å²) in [4.78, 5) is 8.96. The van der Waals surface area contributed by atoms with Gasteiger partial charge in [-0.25, -0.2) is 9.97 Å². The standard InChI is InChI=1S/C14H24N4O/c1-3-10(6-7-19)8-16-13-9(2)12(15)17-14(18-13)11-4-5-11/h10-11,19H,3-8H2,1-2H3,(H3,15,16,17,18). The van der Waals surface area contributed by atoms with E-state index in [9.17, 15) is 0 Å². The lowest BCUT2D eigenvalue weighted by Gasteiger charge is -2.17. The molecule has 0 radical (unpaired) electrons. The van der Waals surface area contributed by atoms with Crippen molar-refractivity contribution in [3.63, 3.8) is 0 Å². The van der Waals surface area contributed by atoms with Crippen molar-refractivity contribution in [1.82, 2.24) is 9.97 Å². The molecule has 5 nitrogen and oxygen atoms in total. The van der Waals surface area contributed by atoms with E-state index in [-0.39, 0.29) is 6.61 Å². The van der Waals surface area contributed by atoms with Gasteiger partial charge in [0.15, 0.2) is 0 Å². The third kappa shape index (κ3) is 3.56. The molecule has 2 rings (SSSR count). The van der Waals surface area contributed by atoms with Crippen molar-refractivity contribution < 1.29 is 5.11 Å².